The molecule has 1 unspecified atom stereocenters. The average molecular weight is 281 g/mol. The third-order valence-electron chi connectivity index (χ3n) is 2.90. The molecule has 2 aromatic rings. The Morgan fingerprint density at radius 3 is 3.00 bits per heavy atom. The van der Waals surface area contributed by atoms with E-state index in [9.17, 15) is 4.79 Å². The first-order chi connectivity index (χ1) is 9.11. The fourth-order valence-electron chi connectivity index (χ4n) is 2.09. The maximum absolute atomic E-state index is 11.9. The number of methoxy groups -OCH3 is 1. The predicted octanol–water partition coefficient (Wildman–Crippen LogP) is 2.45. The summed E-state index contributed by atoms with van der Waals surface area (Å²) >= 11 is 6.10. The zero-order valence-electron chi connectivity index (χ0n) is 11.0. The molecule has 0 saturated heterocycles. The molecule has 0 radical (unpaired) electrons. The van der Waals surface area contributed by atoms with E-state index in [1.165, 1.54) is 0 Å². The van der Waals surface area contributed by atoms with E-state index in [2.05, 4.69) is 5.32 Å². The number of amides is 1. The number of hydrogen-bond donors (Lipinski definition) is 1. The molecule has 0 saturated carbocycles. The van der Waals surface area contributed by atoms with Crippen LogP contribution in [0.2, 0.25) is 5.02 Å². The van der Waals surface area contributed by atoms with E-state index in [0.717, 1.165) is 10.9 Å². The van der Waals surface area contributed by atoms with Gasteiger partial charge in [-0.25, -0.2) is 0 Å². The smallest absolute Gasteiger partial charge is 0.240 e. The fraction of sp³-hybridized carbons (Fsp3) is 0.357. The Morgan fingerprint density at radius 1 is 1.47 bits per heavy atom. The van der Waals surface area contributed by atoms with Crippen LogP contribution >= 0.6 is 11.6 Å². The van der Waals surface area contributed by atoms with Crippen LogP contribution in [-0.4, -0.2) is 30.2 Å². The maximum atomic E-state index is 11.9. The monoisotopic (exact) mass is 280 g/mol. The largest absolute Gasteiger partial charge is 0.383 e. The van der Waals surface area contributed by atoms with Crippen LogP contribution in [-0.2, 0) is 16.1 Å². The fourth-order valence-corrected chi connectivity index (χ4v) is 2.32. The second-order valence-corrected chi connectivity index (χ2v) is 4.95. The third-order valence-corrected chi connectivity index (χ3v) is 3.23. The van der Waals surface area contributed by atoms with Gasteiger partial charge in [-0.3, -0.25) is 4.79 Å². The molecule has 0 bridgehead atoms. The minimum absolute atomic E-state index is 0.00270. The van der Waals surface area contributed by atoms with Crippen LogP contribution in [0.25, 0.3) is 10.9 Å². The van der Waals surface area contributed by atoms with Gasteiger partial charge in [-0.05, 0) is 25.1 Å². The molecule has 0 aliphatic carbocycles. The summed E-state index contributed by atoms with van der Waals surface area (Å²) in [6, 6.07) is 7.60. The lowest BCUT2D eigenvalue weighted by molar-refractivity contribution is -0.122. The van der Waals surface area contributed by atoms with Crippen molar-refractivity contribution in [2.24, 2.45) is 0 Å². The summed E-state index contributed by atoms with van der Waals surface area (Å²) in [5.41, 5.74) is 0.960. The number of carbonyl (C=O) groups is 1. The van der Waals surface area contributed by atoms with Crippen molar-refractivity contribution in [2.45, 2.75) is 19.5 Å². The molecule has 19 heavy (non-hydrogen) atoms. The van der Waals surface area contributed by atoms with Crippen molar-refractivity contribution in [3.05, 3.63) is 35.5 Å². The Morgan fingerprint density at radius 2 is 2.26 bits per heavy atom. The van der Waals surface area contributed by atoms with Crippen LogP contribution in [0.4, 0.5) is 0 Å². The highest BCUT2D eigenvalue weighted by molar-refractivity contribution is 6.35. The first kappa shape index (κ1) is 13.9. The minimum atomic E-state index is -0.0398. The molecule has 1 N–H and O–H groups in total. The second kappa shape index (κ2) is 6.08. The number of carbonyl (C=O) groups excluding carboxylic acids is 1. The Hall–Kier alpha value is -1.52. The van der Waals surface area contributed by atoms with E-state index >= 15 is 0 Å². The molecule has 0 spiro atoms. The van der Waals surface area contributed by atoms with Gasteiger partial charge in [-0.15, -0.1) is 0 Å². The Kier molecular flexibility index (Phi) is 4.45. The van der Waals surface area contributed by atoms with Crippen LogP contribution < -0.4 is 5.32 Å². The molecule has 0 aliphatic heterocycles. The molecule has 1 aromatic carbocycles. The summed E-state index contributed by atoms with van der Waals surface area (Å²) in [6.07, 6.45) is 1.87. The SMILES string of the molecule is COCC(C)NC(=O)Cn1ccc2c(Cl)cccc21. The number of hydrogen-bond acceptors (Lipinski definition) is 2. The minimum Gasteiger partial charge on any atom is -0.383 e. The molecule has 5 heteroatoms. The summed E-state index contributed by atoms with van der Waals surface area (Å²) in [5.74, 6) is -0.0398. The Bertz CT molecular complexity index is 580. The summed E-state index contributed by atoms with van der Waals surface area (Å²) in [6.45, 7) is 2.69. The van der Waals surface area contributed by atoms with Crippen molar-refractivity contribution in [3.8, 4) is 0 Å². The van der Waals surface area contributed by atoms with E-state index in [1.54, 1.807) is 7.11 Å². The van der Waals surface area contributed by atoms with E-state index in [1.807, 2.05) is 42.0 Å². The first-order valence-electron chi connectivity index (χ1n) is 6.13. The number of ether oxygens (including phenoxy) is 1. The molecule has 1 aromatic heterocycles. The molecule has 0 fully saturated rings. The van der Waals surface area contributed by atoms with Crippen LogP contribution in [0.5, 0.6) is 0 Å². The van der Waals surface area contributed by atoms with Gasteiger partial charge in [-0.2, -0.15) is 0 Å². The van der Waals surface area contributed by atoms with Crippen molar-refractivity contribution in [3.63, 3.8) is 0 Å². The highest BCUT2D eigenvalue weighted by Gasteiger charge is 2.10. The molecule has 1 amide bonds. The van der Waals surface area contributed by atoms with Gasteiger partial charge in [0.1, 0.15) is 6.54 Å². The molecule has 0 aliphatic rings. The van der Waals surface area contributed by atoms with Crippen molar-refractivity contribution < 1.29 is 9.53 Å². The van der Waals surface area contributed by atoms with Gasteiger partial charge in [0, 0.05) is 35.3 Å². The van der Waals surface area contributed by atoms with Crippen molar-refractivity contribution in [1.82, 2.24) is 9.88 Å². The molecule has 1 heterocycles. The van der Waals surface area contributed by atoms with Crippen LogP contribution in [0.3, 0.4) is 0 Å². The van der Waals surface area contributed by atoms with Crippen molar-refractivity contribution in [2.75, 3.05) is 13.7 Å². The van der Waals surface area contributed by atoms with Crippen LogP contribution in [0.1, 0.15) is 6.92 Å². The lowest BCUT2D eigenvalue weighted by Gasteiger charge is -2.13. The summed E-state index contributed by atoms with van der Waals surface area (Å²) in [7, 11) is 1.62. The van der Waals surface area contributed by atoms with Crippen molar-refractivity contribution in [1.29, 1.82) is 0 Å². The summed E-state index contributed by atoms with van der Waals surface area (Å²) in [4.78, 5) is 11.9. The van der Waals surface area contributed by atoms with Crippen LogP contribution in [0.15, 0.2) is 30.5 Å². The zero-order chi connectivity index (χ0) is 13.8. The van der Waals surface area contributed by atoms with Gasteiger partial charge in [0.05, 0.1) is 6.61 Å². The van der Waals surface area contributed by atoms with Crippen LogP contribution in [0, 0.1) is 0 Å². The Balaban J connectivity index is 2.09. The molecule has 102 valence electrons. The van der Waals surface area contributed by atoms with Gasteiger partial charge < -0.3 is 14.6 Å². The predicted molar refractivity (Wildman–Crippen MR) is 76.4 cm³/mol. The molecular weight excluding hydrogens is 264 g/mol. The zero-order valence-corrected chi connectivity index (χ0v) is 11.8. The van der Waals surface area contributed by atoms with Gasteiger partial charge in [0.15, 0.2) is 0 Å². The first-order valence-corrected chi connectivity index (χ1v) is 6.51. The number of benzene rings is 1. The number of aromatic nitrogens is 1. The van der Waals surface area contributed by atoms with E-state index in [0.29, 0.717) is 11.6 Å². The van der Waals surface area contributed by atoms with E-state index in [4.69, 9.17) is 16.3 Å². The number of fused-ring (bicyclic) bond motifs is 1. The van der Waals surface area contributed by atoms with Crippen molar-refractivity contribution >= 4 is 28.4 Å². The van der Waals surface area contributed by atoms with Gasteiger partial charge >= 0.3 is 0 Å². The standard InChI is InChI=1S/C14H17ClN2O2/c1-10(9-19-2)16-14(18)8-17-7-6-11-12(15)4-3-5-13(11)17/h3-7,10H,8-9H2,1-2H3,(H,16,18). The highest BCUT2D eigenvalue weighted by Crippen LogP contribution is 2.23. The summed E-state index contributed by atoms with van der Waals surface area (Å²) < 4.78 is 6.87. The van der Waals surface area contributed by atoms with E-state index < -0.39 is 0 Å². The number of nitrogens with one attached hydrogen (secondary N) is 1. The third kappa shape index (κ3) is 3.28. The molecule has 4 nitrogen and oxygen atoms in total. The normalized spacial score (nSPS) is 12.6. The van der Waals surface area contributed by atoms with Gasteiger partial charge in [-0.1, -0.05) is 17.7 Å². The lowest BCUT2D eigenvalue weighted by atomic mass is 10.2. The summed E-state index contributed by atoms with van der Waals surface area (Å²) in [5, 5.41) is 4.54. The van der Waals surface area contributed by atoms with E-state index in [-0.39, 0.29) is 18.5 Å². The van der Waals surface area contributed by atoms with Gasteiger partial charge in [0.25, 0.3) is 0 Å². The average Bonchev–Trinajstić information content (AvgIpc) is 2.74. The Labute approximate surface area is 117 Å². The topological polar surface area (TPSA) is 43.3 Å². The molecule has 2 rings (SSSR count). The maximum Gasteiger partial charge on any atom is 0.240 e. The lowest BCUT2D eigenvalue weighted by Crippen LogP contribution is -2.37. The second-order valence-electron chi connectivity index (χ2n) is 4.54. The van der Waals surface area contributed by atoms with Gasteiger partial charge in [0.2, 0.25) is 5.91 Å². The number of halogens is 1. The highest BCUT2D eigenvalue weighted by atomic mass is 35.5. The quantitative estimate of drug-likeness (QED) is 0.914. The molecule has 1 atom stereocenters. The number of rotatable bonds is 5. The molecular formula is C14H17ClN2O2. The number of nitrogens with zero attached hydrogens (tertiary/aromatic N) is 1.